The lowest BCUT2D eigenvalue weighted by atomic mass is 9.80. The fourth-order valence-electron chi connectivity index (χ4n) is 1.50. The molecule has 1 aromatic heterocycles. The molecule has 0 bridgehead atoms. The Morgan fingerprint density at radius 3 is 2.39 bits per heavy atom. The molecule has 1 aliphatic rings. The van der Waals surface area contributed by atoms with Crippen LogP contribution in [0.1, 0.15) is 0 Å². The quantitative estimate of drug-likeness (QED) is 0.518. The fraction of sp³-hybridized carbons (Fsp3) is 0.300. The number of nitrogens with zero attached hydrogens (tertiary/aromatic N) is 2. The molecule has 0 aromatic carbocycles. The Morgan fingerprint density at radius 1 is 1.28 bits per heavy atom. The summed E-state index contributed by atoms with van der Waals surface area (Å²) in [6, 6.07) is 3.36. The van der Waals surface area contributed by atoms with Crippen LogP contribution in [0.15, 0.2) is 22.9 Å². The zero-order chi connectivity index (χ0) is 13.1. The number of hydrogen-bond donors (Lipinski definition) is 0. The average molecular weight is 313 g/mol. The molecule has 18 heavy (non-hydrogen) atoms. The summed E-state index contributed by atoms with van der Waals surface area (Å²) < 4.78 is 10.8. The van der Waals surface area contributed by atoms with Gasteiger partial charge >= 0.3 is 19.1 Å². The van der Waals surface area contributed by atoms with Crippen LogP contribution in [0.4, 0.5) is 0 Å². The van der Waals surface area contributed by atoms with Gasteiger partial charge < -0.3 is 9.31 Å². The number of rotatable bonds is 1. The molecule has 0 N–H and O–H groups in total. The molecule has 0 atom stereocenters. The van der Waals surface area contributed by atoms with Gasteiger partial charge in [-0.25, -0.2) is 4.98 Å². The number of carbonyl (C=O) groups excluding carboxylic acids is 2. The van der Waals surface area contributed by atoms with E-state index in [0.29, 0.717) is 10.1 Å². The molecule has 0 amide bonds. The first-order valence-electron chi connectivity index (χ1n) is 5.23. The van der Waals surface area contributed by atoms with E-state index in [1.165, 1.54) is 11.1 Å². The lowest BCUT2D eigenvalue weighted by Gasteiger charge is -2.22. The first-order chi connectivity index (χ1) is 8.54. The fourth-order valence-corrected chi connectivity index (χ4v) is 1.73. The van der Waals surface area contributed by atoms with Gasteiger partial charge in [0.05, 0.1) is 13.1 Å². The molecule has 1 aromatic rings. The maximum Gasteiger partial charge on any atom is 0.638 e. The lowest BCUT2D eigenvalue weighted by Crippen LogP contribution is -2.47. The Hall–Kier alpha value is -1.41. The van der Waals surface area contributed by atoms with E-state index in [9.17, 15) is 9.59 Å². The van der Waals surface area contributed by atoms with Crippen molar-refractivity contribution in [3.8, 4) is 0 Å². The second-order valence-corrected chi connectivity index (χ2v) is 4.71. The van der Waals surface area contributed by atoms with Gasteiger partial charge in [0.15, 0.2) is 0 Å². The van der Waals surface area contributed by atoms with Crippen molar-refractivity contribution in [2.24, 2.45) is 0 Å². The molecule has 1 saturated heterocycles. The molecule has 0 unspecified atom stereocenters. The minimum Gasteiger partial charge on any atom is -0.494 e. The maximum absolute atomic E-state index is 11.5. The SMILES string of the molecule is CN1CC(=O)OB(c2ccc(Br)nc2)OC(=O)C1. The van der Waals surface area contributed by atoms with E-state index in [1.807, 2.05) is 0 Å². The summed E-state index contributed by atoms with van der Waals surface area (Å²) in [4.78, 5) is 28.6. The van der Waals surface area contributed by atoms with Gasteiger partial charge in [-0.05, 0) is 29.0 Å². The summed E-state index contributed by atoms with van der Waals surface area (Å²) >= 11 is 3.20. The molecule has 0 radical (unpaired) electrons. The van der Waals surface area contributed by atoms with E-state index in [-0.39, 0.29) is 13.1 Å². The first kappa shape index (κ1) is 13.0. The summed E-state index contributed by atoms with van der Waals surface area (Å²) in [6.45, 7) is 0.102. The minimum absolute atomic E-state index is 0.0511. The number of likely N-dealkylation sites (N-methyl/N-ethyl adjacent to an activating group) is 1. The van der Waals surface area contributed by atoms with Crippen molar-refractivity contribution >= 4 is 40.4 Å². The Labute approximate surface area is 113 Å². The van der Waals surface area contributed by atoms with Crippen LogP contribution >= 0.6 is 15.9 Å². The normalized spacial score (nSPS) is 17.8. The van der Waals surface area contributed by atoms with Crippen molar-refractivity contribution in [1.29, 1.82) is 0 Å². The van der Waals surface area contributed by atoms with Crippen LogP contribution in [0.5, 0.6) is 0 Å². The number of halogens is 1. The predicted octanol–water partition coefficient (Wildman–Crippen LogP) is -0.429. The Morgan fingerprint density at radius 2 is 1.89 bits per heavy atom. The second-order valence-electron chi connectivity index (χ2n) is 3.90. The van der Waals surface area contributed by atoms with Crippen LogP contribution in [0.25, 0.3) is 0 Å². The van der Waals surface area contributed by atoms with Crippen LogP contribution in [-0.4, -0.2) is 49.1 Å². The summed E-state index contributed by atoms with van der Waals surface area (Å²) in [5, 5.41) is 0. The molecule has 0 saturated carbocycles. The minimum atomic E-state index is -1.03. The van der Waals surface area contributed by atoms with Crippen molar-refractivity contribution in [2.45, 2.75) is 0 Å². The van der Waals surface area contributed by atoms with Crippen LogP contribution in [0.3, 0.4) is 0 Å². The highest BCUT2D eigenvalue weighted by atomic mass is 79.9. The van der Waals surface area contributed by atoms with E-state index < -0.39 is 19.1 Å². The molecule has 0 spiro atoms. The number of pyridine rings is 1. The van der Waals surface area contributed by atoms with Gasteiger partial charge in [0, 0.05) is 11.7 Å². The summed E-state index contributed by atoms with van der Waals surface area (Å²) in [5.74, 6) is -0.893. The predicted molar refractivity (Wildman–Crippen MR) is 67.0 cm³/mol. The second kappa shape index (κ2) is 5.49. The van der Waals surface area contributed by atoms with Gasteiger partial charge in [-0.2, -0.15) is 0 Å². The van der Waals surface area contributed by atoms with Crippen molar-refractivity contribution < 1.29 is 18.9 Å². The molecule has 94 valence electrons. The van der Waals surface area contributed by atoms with Crippen molar-refractivity contribution in [1.82, 2.24) is 9.88 Å². The zero-order valence-corrected chi connectivity index (χ0v) is 11.2. The first-order valence-corrected chi connectivity index (χ1v) is 6.03. The van der Waals surface area contributed by atoms with Crippen LogP contribution < -0.4 is 5.46 Å². The van der Waals surface area contributed by atoms with E-state index in [0.717, 1.165) is 0 Å². The average Bonchev–Trinajstić information content (AvgIpc) is 2.26. The molecule has 2 heterocycles. The van der Waals surface area contributed by atoms with E-state index in [1.54, 1.807) is 19.2 Å². The topological polar surface area (TPSA) is 68.7 Å². The van der Waals surface area contributed by atoms with E-state index >= 15 is 0 Å². The van der Waals surface area contributed by atoms with E-state index in [4.69, 9.17) is 9.31 Å². The van der Waals surface area contributed by atoms with Gasteiger partial charge in [0.25, 0.3) is 0 Å². The largest absolute Gasteiger partial charge is 0.638 e. The third-order valence-electron chi connectivity index (χ3n) is 2.30. The Bertz CT molecular complexity index is 447. The van der Waals surface area contributed by atoms with Gasteiger partial charge in [-0.3, -0.25) is 14.5 Å². The van der Waals surface area contributed by atoms with Crippen LogP contribution in [0.2, 0.25) is 0 Å². The highest BCUT2D eigenvalue weighted by Gasteiger charge is 2.33. The highest BCUT2D eigenvalue weighted by molar-refractivity contribution is 9.10. The molecule has 0 aliphatic carbocycles. The molecule has 1 fully saturated rings. The third-order valence-corrected chi connectivity index (χ3v) is 2.77. The van der Waals surface area contributed by atoms with Crippen molar-refractivity contribution in [3.63, 3.8) is 0 Å². The highest BCUT2D eigenvalue weighted by Crippen LogP contribution is 2.04. The van der Waals surface area contributed by atoms with Crippen molar-refractivity contribution in [3.05, 3.63) is 22.9 Å². The smallest absolute Gasteiger partial charge is 0.494 e. The Kier molecular flexibility index (Phi) is 3.98. The monoisotopic (exact) mass is 312 g/mol. The van der Waals surface area contributed by atoms with Crippen LogP contribution in [-0.2, 0) is 18.9 Å². The van der Waals surface area contributed by atoms with Crippen LogP contribution in [0, 0.1) is 0 Å². The van der Waals surface area contributed by atoms with Gasteiger partial charge in [-0.1, -0.05) is 6.07 Å². The number of hydrogen-bond acceptors (Lipinski definition) is 6. The van der Waals surface area contributed by atoms with Crippen molar-refractivity contribution in [2.75, 3.05) is 20.1 Å². The zero-order valence-electron chi connectivity index (χ0n) is 9.63. The van der Waals surface area contributed by atoms with Gasteiger partial charge in [0.1, 0.15) is 4.60 Å². The standard InChI is InChI=1S/C10H10BBrN2O4/c1-14-5-9(15)17-11(18-10(16)6-14)7-2-3-8(12)13-4-7/h2-4H,5-6H2,1H3. The molecule has 6 nitrogen and oxygen atoms in total. The lowest BCUT2D eigenvalue weighted by molar-refractivity contribution is -0.145. The molecule has 8 heteroatoms. The molecule has 2 rings (SSSR count). The van der Waals surface area contributed by atoms with Gasteiger partial charge in [0.2, 0.25) is 0 Å². The number of aromatic nitrogens is 1. The molecular formula is C10H10BBrN2O4. The molecular weight excluding hydrogens is 303 g/mol. The summed E-state index contributed by atoms with van der Waals surface area (Å²) in [5.41, 5.74) is 0.518. The van der Waals surface area contributed by atoms with E-state index in [2.05, 4.69) is 20.9 Å². The number of carbonyl (C=O) groups is 2. The Balaban J connectivity index is 2.18. The van der Waals surface area contributed by atoms with Gasteiger partial charge in [-0.15, -0.1) is 0 Å². The molecule has 1 aliphatic heterocycles. The summed E-state index contributed by atoms with van der Waals surface area (Å²) in [6.07, 6.45) is 1.49. The third kappa shape index (κ3) is 3.30. The maximum atomic E-state index is 11.5. The summed E-state index contributed by atoms with van der Waals surface area (Å²) in [7, 11) is 0.614.